The average molecular weight is 377 g/mol. The van der Waals surface area contributed by atoms with E-state index in [0.29, 0.717) is 0 Å². The van der Waals surface area contributed by atoms with Crippen LogP contribution in [-0.2, 0) is 9.53 Å². The van der Waals surface area contributed by atoms with Crippen LogP contribution < -0.4 is 5.32 Å². The van der Waals surface area contributed by atoms with Crippen LogP contribution in [-0.4, -0.2) is 18.0 Å². The number of halogens is 1. The second-order valence-corrected chi connectivity index (χ2v) is 6.32. The average Bonchev–Trinajstić information content (AvgIpc) is 2.73. The third-order valence-corrected chi connectivity index (χ3v) is 4.29. The van der Waals surface area contributed by atoms with Crippen LogP contribution in [0.3, 0.4) is 0 Å². The number of ether oxygens (including phenoxy) is 1. The zero-order valence-corrected chi connectivity index (χ0v) is 15.3. The van der Waals surface area contributed by atoms with Gasteiger partial charge in [-0.05, 0) is 42.3 Å². The van der Waals surface area contributed by atoms with Crippen molar-refractivity contribution in [1.29, 1.82) is 0 Å². The molecule has 0 bridgehead atoms. The van der Waals surface area contributed by atoms with E-state index in [1.54, 1.807) is 0 Å². The molecule has 0 aliphatic heterocycles. The molecule has 1 N–H and O–H groups in total. The van der Waals surface area contributed by atoms with Crippen LogP contribution in [0.1, 0.15) is 34.5 Å². The monoisotopic (exact) mass is 377 g/mol. The molecule has 0 radical (unpaired) electrons. The molecule has 0 fully saturated rings. The summed E-state index contributed by atoms with van der Waals surface area (Å²) in [6.07, 6.45) is -1.01. The van der Waals surface area contributed by atoms with Crippen molar-refractivity contribution in [2.75, 3.05) is 0 Å². The Morgan fingerprint density at radius 3 is 1.82 bits per heavy atom. The van der Waals surface area contributed by atoms with E-state index in [2.05, 4.69) is 5.32 Å². The van der Waals surface area contributed by atoms with Gasteiger partial charge in [0.05, 0.1) is 11.6 Å². The summed E-state index contributed by atoms with van der Waals surface area (Å²) < 4.78 is 18.2. The summed E-state index contributed by atoms with van der Waals surface area (Å²) >= 11 is 0. The Bertz CT molecular complexity index is 888. The number of nitrogens with one attached hydrogen (secondary N) is 1. The Morgan fingerprint density at radius 1 is 0.821 bits per heavy atom. The molecule has 0 aromatic heterocycles. The third-order valence-electron chi connectivity index (χ3n) is 4.29. The first-order chi connectivity index (χ1) is 13.5. The molecule has 0 heterocycles. The van der Waals surface area contributed by atoms with Crippen molar-refractivity contribution >= 4 is 11.9 Å². The lowest BCUT2D eigenvalue weighted by Crippen LogP contribution is -2.38. The predicted octanol–water partition coefficient (Wildman–Crippen LogP) is 4.28. The van der Waals surface area contributed by atoms with E-state index in [9.17, 15) is 14.0 Å². The second kappa shape index (κ2) is 8.95. The van der Waals surface area contributed by atoms with Crippen molar-refractivity contribution in [1.82, 2.24) is 5.32 Å². The standard InChI is InChI=1S/C23H20FNO3/c1-16(28-23(27)19-12-14-20(24)15-13-19)22(26)25-21(17-8-4-2-5-9-17)18-10-6-3-7-11-18/h2-16,21H,1H3,(H,25,26)/t16-/m0/s1. The second-order valence-electron chi connectivity index (χ2n) is 6.32. The molecule has 0 aliphatic rings. The van der Waals surface area contributed by atoms with Crippen molar-refractivity contribution in [3.63, 3.8) is 0 Å². The maximum atomic E-state index is 13.0. The van der Waals surface area contributed by atoms with E-state index < -0.39 is 23.8 Å². The van der Waals surface area contributed by atoms with Gasteiger partial charge < -0.3 is 10.1 Å². The fraction of sp³-hybridized carbons (Fsp3) is 0.130. The summed E-state index contributed by atoms with van der Waals surface area (Å²) in [4.78, 5) is 24.8. The number of esters is 1. The molecule has 0 saturated heterocycles. The van der Waals surface area contributed by atoms with Crippen LogP contribution in [0.2, 0.25) is 0 Å². The first-order valence-electron chi connectivity index (χ1n) is 8.91. The highest BCUT2D eigenvalue weighted by molar-refractivity contribution is 5.92. The van der Waals surface area contributed by atoms with E-state index in [1.807, 2.05) is 60.7 Å². The number of amides is 1. The van der Waals surface area contributed by atoms with Crippen LogP contribution in [0.25, 0.3) is 0 Å². The lowest BCUT2D eigenvalue weighted by Gasteiger charge is -2.22. The molecule has 142 valence electrons. The molecule has 1 atom stereocenters. The summed E-state index contributed by atoms with van der Waals surface area (Å²) in [6, 6.07) is 23.7. The molecule has 3 aromatic carbocycles. The van der Waals surface area contributed by atoms with Crippen molar-refractivity contribution in [2.45, 2.75) is 19.1 Å². The Kier molecular flexibility index (Phi) is 6.17. The molecule has 3 aromatic rings. The van der Waals surface area contributed by atoms with E-state index in [-0.39, 0.29) is 11.6 Å². The first kappa shape index (κ1) is 19.3. The normalized spacial score (nSPS) is 11.7. The first-order valence-corrected chi connectivity index (χ1v) is 8.91. The molecule has 0 unspecified atom stereocenters. The van der Waals surface area contributed by atoms with Crippen LogP contribution in [0.4, 0.5) is 4.39 Å². The van der Waals surface area contributed by atoms with Gasteiger partial charge in [0, 0.05) is 0 Å². The minimum atomic E-state index is -1.01. The van der Waals surface area contributed by atoms with Crippen LogP contribution >= 0.6 is 0 Å². The van der Waals surface area contributed by atoms with Gasteiger partial charge in [0.1, 0.15) is 5.82 Å². The maximum absolute atomic E-state index is 13.0. The number of carbonyl (C=O) groups excluding carboxylic acids is 2. The molecule has 3 rings (SSSR count). The van der Waals surface area contributed by atoms with Crippen LogP contribution in [0, 0.1) is 5.82 Å². The SMILES string of the molecule is C[C@H](OC(=O)c1ccc(F)cc1)C(=O)NC(c1ccccc1)c1ccccc1. The lowest BCUT2D eigenvalue weighted by molar-refractivity contribution is -0.129. The van der Waals surface area contributed by atoms with Crippen LogP contribution in [0.15, 0.2) is 84.9 Å². The van der Waals surface area contributed by atoms with Gasteiger partial charge in [0.2, 0.25) is 0 Å². The highest BCUT2D eigenvalue weighted by Gasteiger charge is 2.23. The van der Waals surface area contributed by atoms with E-state index in [4.69, 9.17) is 4.74 Å². The molecule has 4 nitrogen and oxygen atoms in total. The Labute approximate surface area is 163 Å². The van der Waals surface area contributed by atoms with E-state index in [0.717, 1.165) is 11.1 Å². The minimum absolute atomic E-state index is 0.184. The topological polar surface area (TPSA) is 55.4 Å². The molecule has 28 heavy (non-hydrogen) atoms. The maximum Gasteiger partial charge on any atom is 0.338 e. The highest BCUT2D eigenvalue weighted by atomic mass is 19.1. The van der Waals surface area contributed by atoms with Gasteiger partial charge in [-0.25, -0.2) is 9.18 Å². The molecular weight excluding hydrogens is 357 g/mol. The van der Waals surface area contributed by atoms with Gasteiger partial charge in [-0.3, -0.25) is 4.79 Å². The zero-order valence-electron chi connectivity index (χ0n) is 15.3. The molecular formula is C23H20FNO3. The Morgan fingerprint density at radius 2 is 1.32 bits per heavy atom. The number of hydrogen-bond acceptors (Lipinski definition) is 3. The Balaban J connectivity index is 1.72. The fourth-order valence-corrected chi connectivity index (χ4v) is 2.78. The van der Waals surface area contributed by atoms with Gasteiger partial charge in [-0.15, -0.1) is 0 Å². The van der Waals surface area contributed by atoms with Crippen molar-refractivity contribution in [3.8, 4) is 0 Å². The van der Waals surface area contributed by atoms with E-state index >= 15 is 0 Å². The quantitative estimate of drug-likeness (QED) is 0.653. The lowest BCUT2D eigenvalue weighted by atomic mass is 9.98. The molecule has 0 saturated carbocycles. The summed E-state index contributed by atoms with van der Waals surface area (Å²) in [5, 5.41) is 2.94. The number of carbonyl (C=O) groups is 2. The number of benzene rings is 3. The molecule has 0 aliphatic carbocycles. The van der Waals surface area contributed by atoms with E-state index in [1.165, 1.54) is 31.2 Å². The molecule has 0 spiro atoms. The smallest absolute Gasteiger partial charge is 0.338 e. The van der Waals surface area contributed by atoms with Crippen molar-refractivity contribution in [3.05, 3.63) is 107 Å². The Hall–Kier alpha value is -3.47. The summed E-state index contributed by atoms with van der Waals surface area (Å²) in [5.74, 6) is -1.55. The summed E-state index contributed by atoms with van der Waals surface area (Å²) in [6.45, 7) is 1.50. The number of rotatable bonds is 6. The molecule has 5 heteroatoms. The number of hydrogen-bond donors (Lipinski definition) is 1. The largest absolute Gasteiger partial charge is 0.449 e. The van der Waals surface area contributed by atoms with Crippen LogP contribution in [0.5, 0.6) is 0 Å². The zero-order chi connectivity index (χ0) is 19.9. The van der Waals surface area contributed by atoms with Gasteiger partial charge in [-0.1, -0.05) is 60.7 Å². The van der Waals surface area contributed by atoms with Gasteiger partial charge >= 0.3 is 5.97 Å². The third kappa shape index (κ3) is 4.82. The predicted molar refractivity (Wildman–Crippen MR) is 104 cm³/mol. The van der Waals surface area contributed by atoms with Gasteiger partial charge in [-0.2, -0.15) is 0 Å². The summed E-state index contributed by atoms with van der Waals surface area (Å²) in [7, 11) is 0. The minimum Gasteiger partial charge on any atom is -0.449 e. The van der Waals surface area contributed by atoms with Gasteiger partial charge in [0.25, 0.3) is 5.91 Å². The fourth-order valence-electron chi connectivity index (χ4n) is 2.78. The molecule has 1 amide bonds. The van der Waals surface area contributed by atoms with Crippen molar-refractivity contribution < 1.29 is 18.7 Å². The van der Waals surface area contributed by atoms with Gasteiger partial charge in [0.15, 0.2) is 6.10 Å². The highest BCUT2D eigenvalue weighted by Crippen LogP contribution is 2.22. The van der Waals surface area contributed by atoms with Crippen molar-refractivity contribution in [2.24, 2.45) is 0 Å². The summed E-state index contributed by atoms with van der Waals surface area (Å²) in [5.41, 5.74) is 2.02.